The Bertz CT molecular complexity index is 476. The summed E-state index contributed by atoms with van der Waals surface area (Å²) in [5.41, 5.74) is 2.61. The van der Waals surface area contributed by atoms with Crippen molar-refractivity contribution in [3.05, 3.63) is 36.4 Å². The number of ether oxygens (including phenoxy) is 1. The summed E-state index contributed by atoms with van der Waals surface area (Å²) >= 11 is 0. The highest BCUT2D eigenvalue weighted by Gasteiger charge is 2.31. The van der Waals surface area contributed by atoms with E-state index in [9.17, 15) is 0 Å². The molecular weight excluding hydrogens is 246 g/mol. The summed E-state index contributed by atoms with van der Waals surface area (Å²) in [6.07, 6.45) is 10.3. The van der Waals surface area contributed by atoms with Crippen molar-refractivity contribution in [3.8, 4) is 5.75 Å². The highest BCUT2D eigenvalue weighted by atomic mass is 16.5. The van der Waals surface area contributed by atoms with Gasteiger partial charge in [0.2, 0.25) is 0 Å². The van der Waals surface area contributed by atoms with Gasteiger partial charge in [0.15, 0.2) is 0 Å². The number of benzene rings is 1. The smallest absolute Gasteiger partial charge is 0.119 e. The number of anilines is 1. The van der Waals surface area contributed by atoms with Crippen molar-refractivity contribution in [1.29, 1.82) is 0 Å². The van der Waals surface area contributed by atoms with Crippen LogP contribution in [-0.2, 0) is 0 Å². The maximum absolute atomic E-state index is 5.35. The van der Waals surface area contributed by atoms with Crippen LogP contribution in [0.3, 0.4) is 0 Å². The molecule has 20 heavy (non-hydrogen) atoms. The molecule has 1 aliphatic carbocycles. The van der Waals surface area contributed by atoms with Gasteiger partial charge in [-0.05, 0) is 48.9 Å². The minimum atomic E-state index is 0.452. The maximum Gasteiger partial charge on any atom is 0.119 e. The van der Waals surface area contributed by atoms with Crippen LogP contribution in [0.15, 0.2) is 30.9 Å². The molecule has 0 radical (unpaired) electrons. The largest absolute Gasteiger partial charge is 0.497 e. The summed E-state index contributed by atoms with van der Waals surface area (Å²) < 4.78 is 5.35. The third-order valence-electron chi connectivity index (χ3n) is 5.01. The highest BCUT2D eigenvalue weighted by molar-refractivity contribution is 5.59. The van der Waals surface area contributed by atoms with E-state index < -0.39 is 0 Å². The molecule has 108 valence electrons. The van der Waals surface area contributed by atoms with Crippen molar-refractivity contribution < 1.29 is 4.74 Å². The van der Waals surface area contributed by atoms with Crippen LogP contribution in [0.4, 0.5) is 5.69 Å². The van der Waals surface area contributed by atoms with Gasteiger partial charge in [-0.1, -0.05) is 25.3 Å². The fourth-order valence-electron chi connectivity index (χ4n) is 3.84. The van der Waals surface area contributed by atoms with Crippen molar-refractivity contribution >= 4 is 5.69 Å². The zero-order chi connectivity index (χ0) is 13.9. The van der Waals surface area contributed by atoms with Gasteiger partial charge in [-0.3, -0.25) is 0 Å². The molecule has 2 aliphatic rings. The Morgan fingerprint density at radius 2 is 2.05 bits per heavy atom. The Kier molecular flexibility index (Phi) is 4.00. The number of fused-ring (bicyclic) bond motifs is 1. The minimum absolute atomic E-state index is 0.452. The van der Waals surface area contributed by atoms with E-state index in [0.717, 1.165) is 11.7 Å². The summed E-state index contributed by atoms with van der Waals surface area (Å²) in [5, 5.41) is 3.78. The van der Waals surface area contributed by atoms with Gasteiger partial charge in [-0.15, -0.1) is 6.58 Å². The van der Waals surface area contributed by atoms with E-state index in [4.69, 9.17) is 4.74 Å². The summed E-state index contributed by atoms with van der Waals surface area (Å²) in [7, 11) is 1.73. The number of hydrogen-bond donors (Lipinski definition) is 1. The van der Waals surface area contributed by atoms with Gasteiger partial charge in [-0.25, -0.2) is 0 Å². The molecule has 1 aromatic carbocycles. The molecule has 0 spiro atoms. The maximum atomic E-state index is 5.35. The van der Waals surface area contributed by atoms with Gasteiger partial charge < -0.3 is 10.1 Å². The molecule has 0 saturated heterocycles. The van der Waals surface area contributed by atoms with E-state index in [0.29, 0.717) is 12.0 Å². The number of hydrogen-bond acceptors (Lipinski definition) is 2. The van der Waals surface area contributed by atoms with Gasteiger partial charge >= 0.3 is 0 Å². The molecule has 0 unspecified atom stereocenters. The van der Waals surface area contributed by atoms with E-state index in [1.807, 2.05) is 0 Å². The third-order valence-corrected chi connectivity index (χ3v) is 5.01. The summed E-state index contributed by atoms with van der Waals surface area (Å²) in [5.74, 6) is 2.23. The van der Waals surface area contributed by atoms with Crippen molar-refractivity contribution in [2.24, 2.45) is 5.92 Å². The molecule has 1 fully saturated rings. The minimum Gasteiger partial charge on any atom is -0.497 e. The third kappa shape index (κ3) is 2.56. The van der Waals surface area contributed by atoms with Crippen LogP contribution < -0.4 is 10.1 Å². The standard InChI is InChI=1S/C18H25NO/c1-3-13-11-18(14-7-5-4-6-8-14)19-17-10-9-15(20-2)12-16(13)17/h3,9-10,12-14,18-19H,1,4-8,11H2,2H3/t13-,18-/m0/s1. The average Bonchev–Trinajstić information content (AvgIpc) is 2.54. The second-order valence-electron chi connectivity index (χ2n) is 6.18. The molecule has 1 heterocycles. The first kappa shape index (κ1) is 13.5. The lowest BCUT2D eigenvalue weighted by Crippen LogP contribution is -2.35. The van der Waals surface area contributed by atoms with Crippen molar-refractivity contribution in [3.63, 3.8) is 0 Å². The predicted molar refractivity (Wildman–Crippen MR) is 84.5 cm³/mol. The lowest BCUT2D eigenvalue weighted by atomic mass is 9.76. The van der Waals surface area contributed by atoms with Crippen molar-refractivity contribution in [2.75, 3.05) is 12.4 Å². The molecule has 1 saturated carbocycles. The molecule has 0 amide bonds. The Morgan fingerprint density at radius 1 is 1.25 bits per heavy atom. The lowest BCUT2D eigenvalue weighted by Gasteiger charge is -2.38. The lowest BCUT2D eigenvalue weighted by molar-refractivity contribution is 0.300. The Morgan fingerprint density at radius 3 is 2.75 bits per heavy atom. The van der Waals surface area contributed by atoms with Crippen LogP contribution in [0.25, 0.3) is 0 Å². The van der Waals surface area contributed by atoms with Crippen molar-refractivity contribution in [2.45, 2.75) is 50.5 Å². The first-order valence-corrected chi connectivity index (χ1v) is 7.89. The zero-order valence-electron chi connectivity index (χ0n) is 12.4. The number of rotatable bonds is 3. The van der Waals surface area contributed by atoms with Crippen LogP contribution in [0.1, 0.15) is 50.0 Å². The number of methoxy groups -OCH3 is 1. The van der Waals surface area contributed by atoms with Crippen LogP contribution in [0.2, 0.25) is 0 Å². The molecule has 2 nitrogen and oxygen atoms in total. The van der Waals surface area contributed by atoms with E-state index >= 15 is 0 Å². The molecule has 2 heteroatoms. The number of allylic oxidation sites excluding steroid dienone is 1. The van der Waals surface area contributed by atoms with E-state index in [-0.39, 0.29) is 0 Å². The average molecular weight is 271 g/mol. The molecule has 0 bridgehead atoms. The summed E-state index contributed by atoms with van der Waals surface area (Å²) in [6.45, 7) is 4.05. The first-order valence-electron chi connectivity index (χ1n) is 7.89. The van der Waals surface area contributed by atoms with Crippen molar-refractivity contribution in [1.82, 2.24) is 0 Å². The molecule has 2 atom stereocenters. The summed E-state index contributed by atoms with van der Waals surface area (Å²) in [4.78, 5) is 0. The van der Waals surface area contributed by atoms with Gasteiger partial charge in [0, 0.05) is 17.6 Å². The Hall–Kier alpha value is -1.44. The number of nitrogens with one attached hydrogen (secondary N) is 1. The molecule has 1 N–H and O–H groups in total. The highest BCUT2D eigenvalue weighted by Crippen LogP contribution is 2.41. The topological polar surface area (TPSA) is 21.3 Å². The van der Waals surface area contributed by atoms with Crippen LogP contribution in [0, 0.1) is 5.92 Å². The van der Waals surface area contributed by atoms with Gasteiger partial charge in [-0.2, -0.15) is 0 Å². The molecule has 3 rings (SSSR count). The Labute approximate surface area is 122 Å². The van der Waals surface area contributed by atoms with Crippen LogP contribution in [0.5, 0.6) is 5.75 Å². The molecule has 1 aromatic rings. The monoisotopic (exact) mass is 271 g/mol. The quantitative estimate of drug-likeness (QED) is 0.802. The van der Waals surface area contributed by atoms with Crippen LogP contribution >= 0.6 is 0 Å². The Balaban J connectivity index is 1.84. The van der Waals surface area contributed by atoms with E-state index in [2.05, 4.69) is 36.2 Å². The van der Waals surface area contributed by atoms with Gasteiger partial charge in [0.25, 0.3) is 0 Å². The fraction of sp³-hybridized carbons (Fsp3) is 0.556. The molecule has 0 aromatic heterocycles. The van der Waals surface area contributed by atoms with E-state index in [1.54, 1.807) is 7.11 Å². The normalized spacial score (nSPS) is 26.4. The second kappa shape index (κ2) is 5.90. The van der Waals surface area contributed by atoms with Crippen LogP contribution in [-0.4, -0.2) is 13.2 Å². The molecule has 1 aliphatic heterocycles. The first-order chi connectivity index (χ1) is 9.81. The predicted octanol–water partition coefficient (Wildman–Crippen LogP) is 4.73. The van der Waals surface area contributed by atoms with E-state index in [1.165, 1.54) is 49.8 Å². The fourth-order valence-corrected chi connectivity index (χ4v) is 3.84. The van der Waals surface area contributed by atoms with Gasteiger partial charge in [0.1, 0.15) is 5.75 Å². The SMILES string of the molecule is C=C[C@H]1C[C@@H](C2CCCCC2)Nc2ccc(OC)cc21. The second-order valence-corrected chi connectivity index (χ2v) is 6.18. The molecular formula is C18H25NO. The zero-order valence-corrected chi connectivity index (χ0v) is 12.4. The summed E-state index contributed by atoms with van der Waals surface area (Å²) in [6, 6.07) is 6.99. The van der Waals surface area contributed by atoms with Gasteiger partial charge in [0.05, 0.1) is 7.11 Å².